The molecule has 0 saturated heterocycles. The van der Waals surface area contributed by atoms with Gasteiger partial charge in [0.1, 0.15) is 0 Å². The lowest BCUT2D eigenvalue weighted by Crippen LogP contribution is -2.19. The van der Waals surface area contributed by atoms with Gasteiger partial charge < -0.3 is 4.74 Å². The summed E-state index contributed by atoms with van der Waals surface area (Å²) in [6, 6.07) is 0. The Morgan fingerprint density at radius 3 is 1.82 bits per heavy atom. The topological polar surface area (TPSA) is 9.23 Å². The number of rotatable bonds is 2. The molecule has 1 nitrogen and oxygen atoms in total. The van der Waals surface area contributed by atoms with Gasteiger partial charge in [0.05, 0.1) is 5.60 Å². The summed E-state index contributed by atoms with van der Waals surface area (Å²) in [6.07, 6.45) is -3.10. The SMILES string of the molecule is COC(C)(C)/C=C/C(F)(F)F. The van der Waals surface area contributed by atoms with E-state index in [0.29, 0.717) is 0 Å². The maximum Gasteiger partial charge on any atom is 0.409 e. The highest BCUT2D eigenvalue weighted by Gasteiger charge is 2.24. The third kappa shape index (κ3) is 5.91. The number of allylic oxidation sites excluding steroid dienone is 1. The van der Waals surface area contributed by atoms with Crippen molar-refractivity contribution in [1.29, 1.82) is 0 Å². The van der Waals surface area contributed by atoms with Crippen molar-refractivity contribution in [1.82, 2.24) is 0 Å². The van der Waals surface area contributed by atoms with Crippen LogP contribution in [0.1, 0.15) is 13.8 Å². The molecule has 0 unspecified atom stereocenters. The Morgan fingerprint density at radius 2 is 1.55 bits per heavy atom. The zero-order chi connectivity index (χ0) is 9.12. The van der Waals surface area contributed by atoms with Crippen LogP contribution in [-0.2, 0) is 4.74 Å². The molecule has 0 aromatic carbocycles. The highest BCUT2D eigenvalue weighted by Crippen LogP contribution is 2.19. The molecule has 0 radical (unpaired) electrons. The van der Waals surface area contributed by atoms with Crippen LogP contribution in [0.5, 0.6) is 0 Å². The minimum Gasteiger partial charge on any atom is -0.375 e. The standard InChI is InChI=1S/C7H11F3O/c1-6(2,11-3)4-5-7(8,9)10/h4-5H,1-3H3/b5-4+. The number of hydrogen-bond acceptors (Lipinski definition) is 1. The fourth-order valence-electron chi connectivity index (χ4n) is 0.363. The van der Waals surface area contributed by atoms with E-state index < -0.39 is 11.8 Å². The van der Waals surface area contributed by atoms with Gasteiger partial charge in [-0.25, -0.2) is 0 Å². The summed E-state index contributed by atoms with van der Waals surface area (Å²) in [5.74, 6) is 0. The van der Waals surface area contributed by atoms with E-state index in [1.807, 2.05) is 0 Å². The first-order valence-corrected chi connectivity index (χ1v) is 3.09. The van der Waals surface area contributed by atoms with E-state index >= 15 is 0 Å². The predicted molar refractivity (Wildman–Crippen MR) is 36.3 cm³/mol. The van der Waals surface area contributed by atoms with E-state index in [1.165, 1.54) is 7.11 Å². The maximum atomic E-state index is 11.6. The van der Waals surface area contributed by atoms with Crippen LogP contribution in [0.2, 0.25) is 0 Å². The van der Waals surface area contributed by atoms with Crippen LogP contribution in [0, 0.1) is 0 Å². The summed E-state index contributed by atoms with van der Waals surface area (Å²) in [6.45, 7) is 3.10. The normalized spacial score (nSPS) is 14.4. The van der Waals surface area contributed by atoms with Crippen molar-refractivity contribution in [3.8, 4) is 0 Å². The summed E-state index contributed by atoms with van der Waals surface area (Å²) in [5.41, 5.74) is -0.852. The van der Waals surface area contributed by atoms with Crippen molar-refractivity contribution in [2.45, 2.75) is 25.6 Å². The molecule has 0 saturated carbocycles. The number of hydrogen-bond donors (Lipinski definition) is 0. The lowest BCUT2D eigenvalue weighted by atomic mass is 10.1. The van der Waals surface area contributed by atoms with Crippen LogP contribution in [0.15, 0.2) is 12.2 Å². The molecule has 11 heavy (non-hydrogen) atoms. The Balaban J connectivity index is 4.13. The first kappa shape index (κ1) is 10.5. The molecule has 0 aliphatic heterocycles. The molecule has 0 atom stereocenters. The Labute approximate surface area is 63.8 Å². The number of methoxy groups -OCH3 is 1. The number of alkyl halides is 3. The van der Waals surface area contributed by atoms with Gasteiger partial charge in [0.2, 0.25) is 0 Å². The highest BCUT2D eigenvalue weighted by molar-refractivity contribution is 4.99. The van der Waals surface area contributed by atoms with Gasteiger partial charge in [-0.3, -0.25) is 0 Å². The first-order valence-electron chi connectivity index (χ1n) is 3.09. The van der Waals surface area contributed by atoms with Crippen molar-refractivity contribution in [3.63, 3.8) is 0 Å². The van der Waals surface area contributed by atoms with Gasteiger partial charge >= 0.3 is 6.18 Å². The van der Waals surface area contributed by atoms with Crippen LogP contribution >= 0.6 is 0 Å². The molecule has 0 aliphatic rings. The molecular weight excluding hydrogens is 157 g/mol. The maximum absolute atomic E-state index is 11.6. The van der Waals surface area contributed by atoms with Gasteiger partial charge in [0, 0.05) is 13.2 Å². The van der Waals surface area contributed by atoms with Crippen LogP contribution in [0.25, 0.3) is 0 Å². The lowest BCUT2D eigenvalue weighted by molar-refractivity contribution is -0.0815. The van der Waals surface area contributed by atoms with Gasteiger partial charge in [0.25, 0.3) is 0 Å². The molecule has 0 aromatic heterocycles. The van der Waals surface area contributed by atoms with Crippen LogP contribution in [-0.4, -0.2) is 18.9 Å². The predicted octanol–water partition coefficient (Wildman–Crippen LogP) is 2.53. The molecule has 66 valence electrons. The zero-order valence-electron chi connectivity index (χ0n) is 6.70. The monoisotopic (exact) mass is 168 g/mol. The first-order chi connectivity index (χ1) is 4.77. The molecule has 0 bridgehead atoms. The zero-order valence-corrected chi connectivity index (χ0v) is 6.70. The van der Waals surface area contributed by atoms with E-state index in [-0.39, 0.29) is 6.08 Å². The molecule has 0 spiro atoms. The molecule has 0 rings (SSSR count). The second-order valence-electron chi connectivity index (χ2n) is 2.68. The number of ether oxygens (including phenoxy) is 1. The van der Waals surface area contributed by atoms with E-state index in [9.17, 15) is 13.2 Å². The van der Waals surface area contributed by atoms with Crippen molar-refractivity contribution >= 4 is 0 Å². The smallest absolute Gasteiger partial charge is 0.375 e. The van der Waals surface area contributed by atoms with Gasteiger partial charge in [-0.2, -0.15) is 13.2 Å². The van der Waals surface area contributed by atoms with Crippen LogP contribution in [0.4, 0.5) is 13.2 Å². The summed E-state index contributed by atoms with van der Waals surface area (Å²) >= 11 is 0. The second-order valence-corrected chi connectivity index (χ2v) is 2.68. The van der Waals surface area contributed by atoms with Gasteiger partial charge in [-0.15, -0.1) is 0 Å². The Bertz CT molecular complexity index is 146. The fraction of sp³-hybridized carbons (Fsp3) is 0.714. The Hall–Kier alpha value is -0.510. The van der Waals surface area contributed by atoms with E-state index in [2.05, 4.69) is 0 Å². The minimum absolute atomic E-state index is 0.177. The quantitative estimate of drug-likeness (QED) is 0.575. The Morgan fingerprint density at radius 1 is 1.09 bits per heavy atom. The third-order valence-electron chi connectivity index (χ3n) is 1.20. The van der Waals surface area contributed by atoms with Crippen LogP contribution < -0.4 is 0 Å². The number of halogens is 3. The fourth-order valence-corrected chi connectivity index (χ4v) is 0.363. The average Bonchev–Trinajstić information content (AvgIpc) is 1.83. The highest BCUT2D eigenvalue weighted by atomic mass is 19.4. The largest absolute Gasteiger partial charge is 0.409 e. The second kappa shape index (κ2) is 3.26. The summed E-state index contributed by atoms with van der Waals surface area (Å²) in [7, 11) is 1.36. The van der Waals surface area contributed by atoms with Crippen molar-refractivity contribution in [3.05, 3.63) is 12.2 Å². The van der Waals surface area contributed by atoms with Crippen molar-refractivity contribution in [2.75, 3.05) is 7.11 Å². The molecular formula is C7H11F3O. The van der Waals surface area contributed by atoms with Crippen LogP contribution in [0.3, 0.4) is 0 Å². The molecule has 0 amide bonds. The summed E-state index contributed by atoms with van der Waals surface area (Å²) in [4.78, 5) is 0. The molecule has 0 fully saturated rings. The average molecular weight is 168 g/mol. The van der Waals surface area contributed by atoms with Gasteiger partial charge in [-0.1, -0.05) is 0 Å². The molecule has 0 N–H and O–H groups in total. The Kier molecular flexibility index (Phi) is 3.11. The van der Waals surface area contributed by atoms with Gasteiger partial charge in [0.15, 0.2) is 0 Å². The van der Waals surface area contributed by atoms with E-state index in [0.717, 1.165) is 6.08 Å². The molecule has 4 heteroatoms. The van der Waals surface area contributed by atoms with Gasteiger partial charge in [-0.05, 0) is 19.9 Å². The minimum atomic E-state index is -4.25. The van der Waals surface area contributed by atoms with E-state index in [4.69, 9.17) is 4.74 Å². The summed E-state index contributed by atoms with van der Waals surface area (Å²) < 4.78 is 39.5. The van der Waals surface area contributed by atoms with Crippen molar-refractivity contribution < 1.29 is 17.9 Å². The lowest BCUT2D eigenvalue weighted by Gasteiger charge is -2.17. The molecule has 0 aromatic rings. The van der Waals surface area contributed by atoms with Crippen molar-refractivity contribution in [2.24, 2.45) is 0 Å². The van der Waals surface area contributed by atoms with E-state index in [1.54, 1.807) is 13.8 Å². The third-order valence-corrected chi connectivity index (χ3v) is 1.20. The molecule has 0 heterocycles. The summed E-state index contributed by atoms with van der Waals surface area (Å²) in [5, 5.41) is 0. The molecule has 0 aliphatic carbocycles.